The maximum absolute atomic E-state index is 12.1. The molecule has 0 atom stereocenters. The average Bonchev–Trinajstić information content (AvgIpc) is 2.81. The van der Waals surface area contributed by atoms with Crippen molar-refractivity contribution in [2.75, 3.05) is 46.4 Å². The first kappa shape index (κ1) is 21.4. The Labute approximate surface area is 182 Å². The molecule has 0 radical (unpaired) electrons. The summed E-state index contributed by atoms with van der Waals surface area (Å²) in [7, 11) is 1.60. The molecule has 1 aliphatic heterocycles. The van der Waals surface area contributed by atoms with Crippen molar-refractivity contribution in [1.82, 2.24) is 10.2 Å². The van der Waals surface area contributed by atoms with E-state index < -0.39 is 0 Å². The van der Waals surface area contributed by atoms with Crippen LogP contribution in [0.25, 0.3) is 22.1 Å². The molecule has 1 aromatic heterocycles. The fourth-order valence-corrected chi connectivity index (χ4v) is 4.03. The molecule has 0 spiro atoms. The van der Waals surface area contributed by atoms with E-state index >= 15 is 0 Å². The third-order valence-corrected chi connectivity index (χ3v) is 5.70. The van der Waals surface area contributed by atoms with E-state index in [-0.39, 0.29) is 5.63 Å². The first-order chi connectivity index (χ1) is 15.2. The lowest BCUT2D eigenvalue weighted by Crippen LogP contribution is -2.43. The number of benzene rings is 2. The Balaban J connectivity index is 1.44. The molecule has 1 fully saturated rings. The summed E-state index contributed by atoms with van der Waals surface area (Å²) in [5.41, 5.74) is 1.90. The number of methoxy groups -OCH3 is 1. The second-order valence-corrected chi connectivity index (χ2v) is 7.85. The van der Waals surface area contributed by atoms with Crippen molar-refractivity contribution in [2.45, 2.75) is 19.3 Å². The molecule has 6 nitrogen and oxygen atoms in total. The number of piperazine rings is 1. The van der Waals surface area contributed by atoms with Crippen molar-refractivity contribution in [3.8, 4) is 22.6 Å². The van der Waals surface area contributed by atoms with Crippen molar-refractivity contribution in [1.29, 1.82) is 0 Å². The van der Waals surface area contributed by atoms with Crippen LogP contribution in [0, 0.1) is 0 Å². The van der Waals surface area contributed by atoms with Crippen LogP contribution in [0.4, 0.5) is 0 Å². The molecule has 0 saturated carbocycles. The molecule has 0 aliphatic carbocycles. The maximum atomic E-state index is 12.1. The first-order valence-corrected chi connectivity index (χ1v) is 11.0. The number of nitrogens with zero attached hydrogens (tertiary/aromatic N) is 1. The number of hydrogen-bond donors (Lipinski definition) is 1. The fraction of sp³-hybridized carbons (Fsp3) is 0.400. The van der Waals surface area contributed by atoms with E-state index in [4.69, 9.17) is 13.9 Å². The Bertz CT molecular complexity index is 1040. The van der Waals surface area contributed by atoms with Gasteiger partial charge in [0.25, 0.3) is 0 Å². The molecule has 31 heavy (non-hydrogen) atoms. The summed E-state index contributed by atoms with van der Waals surface area (Å²) in [6.45, 7) is 6.25. The van der Waals surface area contributed by atoms with Gasteiger partial charge in [-0.05, 0) is 43.0 Å². The van der Waals surface area contributed by atoms with Gasteiger partial charge in [0.05, 0.1) is 13.7 Å². The second-order valence-electron chi connectivity index (χ2n) is 7.85. The summed E-state index contributed by atoms with van der Waals surface area (Å²) in [6.07, 6.45) is 3.30. The standard InChI is InChI=1S/C25H30N2O4/c1-29-23-18-22-21(20(17-25(28)31-22)19-8-4-2-5-9-19)16-24(23)30-15-7-3-6-12-27-13-10-26-11-14-27/h2,4-5,8-9,16-18,26H,3,6-7,10-15H2,1H3. The summed E-state index contributed by atoms with van der Waals surface area (Å²) >= 11 is 0. The first-order valence-electron chi connectivity index (χ1n) is 11.0. The van der Waals surface area contributed by atoms with Gasteiger partial charge in [0.15, 0.2) is 11.5 Å². The zero-order valence-electron chi connectivity index (χ0n) is 18.1. The molecule has 0 unspecified atom stereocenters. The number of hydrogen-bond acceptors (Lipinski definition) is 6. The van der Waals surface area contributed by atoms with E-state index in [2.05, 4.69) is 10.2 Å². The van der Waals surface area contributed by atoms with Gasteiger partial charge >= 0.3 is 5.63 Å². The van der Waals surface area contributed by atoms with E-state index in [0.29, 0.717) is 23.7 Å². The summed E-state index contributed by atoms with van der Waals surface area (Å²) in [4.78, 5) is 14.6. The van der Waals surface area contributed by atoms with Crippen LogP contribution in [0.15, 0.2) is 57.7 Å². The van der Waals surface area contributed by atoms with E-state index in [0.717, 1.165) is 62.1 Å². The molecule has 1 saturated heterocycles. The molecule has 2 aromatic carbocycles. The van der Waals surface area contributed by atoms with Gasteiger partial charge in [0.2, 0.25) is 0 Å². The SMILES string of the molecule is COc1cc2oc(=O)cc(-c3ccccc3)c2cc1OCCCCCN1CCNCC1. The molecular weight excluding hydrogens is 392 g/mol. The molecule has 2 heterocycles. The van der Waals surface area contributed by atoms with Gasteiger partial charge in [-0.15, -0.1) is 0 Å². The fourth-order valence-electron chi connectivity index (χ4n) is 4.03. The van der Waals surface area contributed by atoms with Gasteiger partial charge in [-0.3, -0.25) is 0 Å². The van der Waals surface area contributed by atoms with Crippen LogP contribution in [0.1, 0.15) is 19.3 Å². The molecular formula is C25H30N2O4. The Morgan fingerprint density at radius 3 is 2.58 bits per heavy atom. The highest BCUT2D eigenvalue weighted by atomic mass is 16.5. The largest absolute Gasteiger partial charge is 0.493 e. The number of ether oxygens (including phenoxy) is 2. The number of nitrogens with one attached hydrogen (secondary N) is 1. The third-order valence-electron chi connectivity index (χ3n) is 5.70. The van der Waals surface area contributed by atoms with Gasteiger partial charge in [0, 0.05) is 43.7 Å². The Morgan fingerprint density at radius 1 is 1.00 bits per heavy atom. The van der Waals surface area contributed by atoms with Crippen LogP contribution in [-0.4, -0.2) is 51.3 Å². The molecule has 1 N–H and O–H groups in total. The molecule has 1 aliphatic rings. The lowest BCUT2D eigenvalue weighted by atomic mass is 10.0. The zero-order chi connectivity index (χ0) is 21.5. The molecule has 164 valence electrons. The number of rotatable bonds is 9. The Morgan fingerprint density at radius 2 is 1.81 bits per heavy atom. The predicted molar refractivity (Wildman–Crippen MR) is 123 cm³/mol. The van der Waals surface area contributed by atoms with Crippen molar-refractivity contribution < 1.29 is 13.9 Å². The monoisotopic (exact) mass is 422 g/mol. The maximum Gasteiger partial charge on any atom is 0.336 e. The summed E-state index contributed by atoms with van der Waals surface area (Å²) in [6, 6.07) is 15.0. The van der Waals surface area contributed by atoms with Crippen molar-refractivity contribution in [3.63, 3.8) is 0 Å². The smallest absolute Gasteiger partial charge is 0.336 e. The van der Waals surface area contributed by atoms with E-state index in [1.165, 1.54) is 12.5 Å². The molecule has 3 aromatic rings. The summed E-state index contributed by atoms with van der Waals surface area (Å²) in [5.74, 6) is 1.24. The second kappa shape index (κ2) is 10.5. The van der Waals surface area contributed by atoms with E-state index in [9.17, 15) is 4.79 Å². The van der Waals surface area contributed by atoms with Crippen molar-refractivity contribution >= 4 is 11.0 Å². The Hall–Kier alpha value is -2.83. The van der Waals surface area contributed by atoms with Crippen LogP contribution in [0.5, 0.6) is 11.5 Å². The highest BCUT2D eigenvalue weighted by Gasteiger charge is 2.14. The van der Waals surface area contributed by atoms with Crippen molar-refractivity contribution in [3.05, 3.63) is 59.0 Å². The lowest BCUT2D eigenvalue weighted by molar-refractivity contribution is 0.231. The van der Waals surface area contributed by atoms with Gasteiger partial charge < -0.3 is 24.1 Å². The molecule has 0 bridgehead atoms. The van der Waals surface area contributed by atoms with Gasteiger partial charge in [0.1, 0.15) is 5.58 Å². The normalized spacial score (nSPS) is 14.6. The minimum absolute atomic E-state index is 0.383. The van der Waals surface area contributed by atoms with Gasteiger partial charge in [-0.1, -0.05) is 30.3 Å². The highest BCUT2D eigenvalue weighted by molar-refractivity contribution is 5.95. The lowest BCUT2D eigenvalue weighted by Gasteiger charge is -2.27. The minimum Gasteiger partial charge on any atom is -0.493 e. The van der Waals surface area contributed by atoms with E-state index in [1.807, 2.05) is 36.4 Å². The average molecular weight is 423 g/mol. The summed E-state index contributed by atoms with van der Waals surface area (Å²) in [5, 5.41) is 4.22. The number of fused-ring (bicyclic) bond motifs is 1. The minimum atomic E-state index is -0.383. The Kier molecular flexibility index (Phi) is 7.22. The topological polar surface area (TPSA) is 63.9 Å². The molecule has 6 heteroatoms. The van der Waals surface area contributed by atoms with E-state index in [1.54, 1.807) is 13.2 Å². The third kappa shape index (κ3) is 5.46. The molecule has 0 amide bonds. The van der Waals surface area contributed by atoms with Crippen LogP contribution >= 0.6 is 0 Å². The van der Waals surface area contributed by atoms with Gasteiger partial charge in [-0.2, -0.15) is 0 Å². The molecule has 4 rings (SSSR count). The van der Waals surface area contributed by atoms with Crippen LogP contribution in [0.3, 0.4) is 0 Å². The van der Waals surface area contributed by atoms with Crippen LogP contribution < -0.4 is 20.4 Å². The quantitative estimate of drug-likeness (QED) is 0.417. The van der Waals surface area contributed by atoms with Crippen LogP contribution in [-0.2, 0) is 0 Å². The summed E-state index contributed by atoms with van der Waals surface area (Å²) < 4.78 is 17.0. The van der Waals surface area contributed by atoms with Crippen molar-refractivity contribution in [2.24, 2.45) is 0 Å². The zero-order valence-corrected chi connectivity index (χ0v) is 18.1. The predicted octanol–water partition coefficient (Wildman–Crippen LogP) is 3.92. The highest BCUT2D eigenvalue weighted by Crippen LogP contribution is 2.36. The number of unbranched alkanes of at least 4 members (excludes halogenated alkanes) is 2. The van der Waals surface area contributed by atoms with Crippen LogP contribution in [0.2, 0.25) is 0 Å². The van der Waals surface area contributed by atoms with Gasteiger partial charge in [-0.25, -0.2) is 4.79 Å².